The van der Waals surface area contributed by atoms with Crippen LogP contribution in [-0.2, 0) is 16.0 Å². The van der Waals surface area contributed by atoms with Crippen molar-refractivity contribution in [3.8, 4) is 0 Å². The molecule has 0 saturated carbocycles. The van der Waals surface area contributed by atoms with Gasteiger partial charge in [0.25, 0.3) is 5.91 Å². The van der Waals surface area contributed by atoms with Crippen LogP contribution in [0.4, 0.5) is 11.4 Å². The van der Waals surface area contributed by atoms with Crippen LogP contribution in [0.5, 0.6) is 0 Å². The van der Waals surface area contributed by atoms with Gasteiger partial charge in [-0.15, -0.1) is 12.4 Å². The molecular formula is C19H21Cl2N3O3. The third-order valence-electron chi connectivity index (χ3n) is 4.13. The van der Waals surface area contributed by atoms with Crippen LogP contribution in [0.25, 0.3) is 0 Å². The van der Waals surface area contributed by atoms with E-state index in [1.54, 1.807) is 35.2 Å². The maximum Gasteiger partial charge on any atom is 0.255 e. The average molecular weight is 410 g/mol. The van der Waals surface area contributed by atoms with E-state index in [-0.39, 0.29) is 30.6 Å². The van der Waals surface area contributed by atoms with Crippen LogP contribution in [0, 0.1) is 0 Å². The van der Waals surface area contributed by atoms with Crippen molar-refractivity contribution in [2.75, 3.05) is 37.4 Å². The number of hydrogen-bond donors (Lipinski definition) is 2. The summed E-state index contributed by atoms with van der Waals surface area (Å²) in [6, 6.07) is 12.0. The van der Waals surface area contributed by atoms with Crippen LogP contribution in [0.15, 0.2) is 42.5 Å². The van der Waals surface area contributed by atoms with Gasteiger partial charge in [0, 0.05) is 24.5 Å². The van der Waals surface area contributed by atoms with Gasteiger partial charge in [0.05, 0.1) is 30.2 Å². The highest BCUT2D eigenvalue weighted by Crippen LogP contribution is 2.23. The number of anilines is 2. The van der Waals surface area contributed by atoms with Gasteiger partial charge in [0.1, 0.15) is 0 Å². The Hall–Kier alpha value is -2.28. The largest absolute Gasteiger partial charge is 0.399 e. The number of nitrogens with two attached hydrogens (primary N) is 1. The zero-order chi connectivity index (χ0) is 18.5. The van der Waals surface area contributed by atoms with Gasteiger partial charge >= 0.3 is 0 Å². The molecule has 6 nitrogen and oxygen atoms in total. The second-order valence-corrected chi connectivity index (χ2v) is 6.47. The van der Waals surface area contributed by atoms with Crippen LogP contribution in [-0.4, -0.2) is 43.0 Å². The molecule has 0 aromatic heterocycles. The molecule has 144 valence electrons. The summed E-state index contributed by atoms with van der Waals surface area (Å²) in [5.41, 5.74) is 8.13. The standard InChI is InChI=1S/C19H20ClN3O3.ClH/c20-17-12-15(22-18(24)11-13-1-3-14(21)4-2-13)5-6-16(17)19(25)23-7-9-26-10-8-23;/h1-6,12H,7-11,21H2,(H,22,24);1H. The van der Waals surface area contributed by atoms with Crippen molar-refractivity contribution in [3.63, 3.8) is 0 Å². The fourth-order valence-corrected chi connectivity index (χ4v) is 2.99. The summed E-state index contributed by atoms with van der Waals surface area (Å²) in [4.78, 5) is 26.4. The number of nitrogens with one attached hydrogen (secondary N) is 1. The fourth-order valence-electron chi connectivity index (χ4n) is 2.73. The Morgan fingerprint density at radius 2 is 1.78 bits per heavy atom. The number of amides is 2. The summed E-state index contributed by atoms with van der Waals surface area (Å²) < 4.78 is 5.25. The molecule has 1 aliphatic heterocycles. The van der Waals surface area contributed by atoms with Crippen molar-refractivity contribution in [2.24, 2.45) is 0 Å². The molecule has 2 amide bonds. The Kier molecular flexibility index (Phi) is 7.47. The number of benzene rings is 2. The highest BCUT2D eigenvalue weighted by molar-refractivity contribution is 6.34. The smallest absolute Gasteiger partial charge is 0.255 e. The Morgan fingerprint density at radius 3 is 2.41 bits per heavy atom. The minimum atomic E-state index is -0.168. The molecule has 1 fully saturated rings. The van der Waals surface area contributed by atoms with Crippen LogP contribution in [0.1, 0.15) is 15.9 Å². The number of nitrogen functional groups attached to an aromatic ring is 1. The topological polar surface area (TPSA) is 84.7 Å². The van der Waals surface area contributed by atoms with Crippen LogP contribution in [0.2, 0.25) is 5.02 Å². The first-order chi connectivity index (χ1) is 12.5. The molecule has 2 aromatic carbocycles. The predicted molar refractivity (Wildman–Crippen MR) is 109 cm³/mol. The van der Waals surface area contributed by atoms with Gasteiger partial charge in [-0.3, -0.25) is 9.59 Å². The highest BCUT2D eigenvalue weighted by atomic mass is 35.5. The molecule has 1 aliphatic rings. The molecule has 3 rings (SSSR count). The van der Waals surface area contributed by atoms with Crippen LogP contribution < -0.4 is 11.1 Å². The summed E-state index contributed by atoms with van der Waals surface area (Å²) >= 11 is 6.26. The molecule has 0 aliphatic carbocycles. The molecule has 0 bridgehead atoms. The Labute approximate surface area is 169 Å². The van der Waals surface area contributed by atoms with E-state index in [0.717, 1.165) is 5.56 Å². The lowest BCUT2D eigenvalue weighted by molar-refractivity contribution is -0.115. The Morgan fingerprint density at radius 1 is 1.11 bits per heavy atom. The van der Waals surface area contributed by atoms with Gasteiger partial charge in [-0.2, -0.15) is 0 Å². The van der Waals surface area contributed by atoms with E-state index in [1.165, 1.54) is 0 Å². The van der Waals surface area contributed by atoms with E-state index in [2.05, 4.69) is 5.32 Å². The second kappa shape index (κ2) is 9.60. The zero-order valence-electron chi connectivity index (χ0n) is 14.6. The third kappa shape index (κ3) is 5.60. The second-order valence-electron chi connectivity index (χ2n) is 6.07. The van der Waals surface area contributed by atoms with Crippen molar-refractivity contribution in [1.29, 1.82) is 0 Å². The summed E-state index contributed by atoms with van der Waals surface area (Å²) in [7, 11) is 0. The molecule has 1 saturated heterocycles. The molecule has 1 heterocycles. The van der Waals surface area contributed by atoms with Crippen molar-refractivity contribution in [1.82, 2.24) is 4.90 Å². The molecule has 8 heteroatoms. The van der Waals surface area contributed by atoms with Crippen molar-refractivity contribution < 1.29 is 14.3 Å². The number of halogens is 2. The van der Waals surface area contributed by atoms with Gasteiger partial charge in [-0.1, -0.05) is 23.7 Å². The lowest BCUT2D eigenvalue weighted by Crippen LogP contribution is -2.40. The third-order valence-corrected chi connectivity index (χ3v) is 4.44. The molecular weight excluding hydrogens is 389 g/mol. The normalized spacial score (nSPS) is 13.6. The predicted octanol–water partition coefficient (Wildman–Crippen LogP) is 3.00. The number of ether oxygens (including phenoxy) is 1. The number of nitrogens with zero attached hydrogens (tertiary/aromatic N) is 1. The summed E-state index contributed by atoms with van der Waals surface area (Å²) in [5, 5.41) is 3.10. The molecule has 0 atom stereocenters. The van der Waals surface area contributed by atoms with E-state index in [4.69, 9.17) is 22.1 Å². The van der Waals surface area contributed by atoms with Gasteiger partial charge in [-0.25, -0.2) is 0 Å². The van der Waals surface area contributed by atoms with E-state index in [9.17, 15) is 9.59 Å². The van der Waals surface area contributed by atoms with Gasteiger partial charge in [-0.05, 0) is 35.9 Å². The first kappa shape index (κ1) is 21.0. The average Bonchev–Trinajstić information content (AvgIpc) is 2.64. The van der Waals surface area contributed by atoms with Gasteiger partial charge in [0.2, 0.25) is 5.91 Å². The van der Waals surface area contributed by atoms with E-state index >= 15 is 0 Å². The van der Waals surface area contributed by atoms with E-state index < -0.39 is 0 Å². The fraction of sp³-hybridized carbons (Fsp3) is 0.263. The summed E-state index contributed by atoms with van der Waals surface area (Å²) in [5.74, 6) is -0.295. The number of carbonyl (C=O) groups is 2. The monoisotopic (exact) mass is 409 g/mol. The SMILES string of the molecule is Cl.Nc1ccc(CC(=O)Nc2ccc(C(=O)N3CCOCC3)c(Cl)c2)cc1. The van der Waals surface area contributed by atoms with Crippen molar-refractivity contribution >= 4 is 47.2 Å². The quantitative estimate of drug-likeness (QED) is 0.759. The number of morpholine rings is 1. The molecule has 27 heavy (non-hydrogen) atoms. The molecule has 0 radical (unpaired) electrons. The van der Waals surface area contributed by atoms with E-state index in [0.29, 0.717) is 48.3 Å². The van der Waals surface area contributed by atoms with Gasteiger partial charge < -0.3 is 20.7 Å². The highest BCUT2D eigenvalue weighted by Gasteiger charge is 2.21. The maximum absolute atomic E-state index is 12.5. The number of rotatable bonds is 4. The Bertz CT molecular complexity index is 806. The molecule has 0 spiro atoms. The minimum absolute atomic E-state index is 0. The van der Waals surface area contributed by atoms with Crippen LogP contribution in [0.3, 0.4) is 0 Å². The summed E-state index contributed by atoms with van der Waals surface area (Å²) in [6.07, 6.45) is 0.229. The van der Waals surface area contributed by atoms with Crippen molar-refractivity contribution in [3.05, 3.63) is 58.6 Å². The maximum atomic E-state index is 12.5. The van der Waals surface area contributed by atoms with Gasteiger partial charge in [0.15, 0.2) is 0 Å². The lowest BCUT2D eigenvalue weighted by atomic mass is 10.1. The van der Waals surface area contributed by atoms with Crippen LogP contribution >= 0.6 is 24.0 Å². The van der Waals surface area contributed by atoms with E-state index in [1.807, 2.05) is 12.1 Å². The minimum Gasteiger partial charge on any atom is -0.399 e. The Balaban J connectivity index is 0.00000261. The first-order valence-electron chi connectivity index (χ1n) is 8.34. The molecule has 2 aromatic rings. The number of hydrogen-bond acceptors (Lipinski definition) is 4. The van der Waals surface area contributed by atoms with Crippen molar-refractivity contribution in [2.45, 2.75) is 6.42 Å². The number of carbonyl (C=O) groups excluding carboxylic acids is 2. The molecule has 0 unspecified atom stereocenters. The lowest BCUT2D eigenvalue weighted by Gasteiger charge is -2.27. The first-order valence-corrected chi connectivity index (χ1v) is 8.71. The summed E-state index contributed by atoms with van der Waals surface area (Å²) in [6.45, 7) is 2.16. The molecule has 3 N–H and O–H groups in total. The zero-order valence-corrected chi connectivity index (χ0v) is 16.2.